The normalized spacial score (nSPS) is 16.8. The zero-order chi connectivity index (χ0) is 21.9. The summed E-state index contributed by atoms with van der Waals surface area (Å²) in [4.78, 5) is 17.5. The lowest BCUT2D eigenvalue weighted by Gasteiger charge is -2.36. The van der Waals surface area contributed by atoms with Crippen molar-refractivity contribution in [1.29, 1.82) is 0 Å². The van der Waals surface area contributed by atoms with Gasteiger partial charge < -0.3 is 19.1 Å². The van der Waals surface area contributed by atoms with Crippen LogP contribution in [0.1, 0.15) is 18.9 Å². The number of nitrogens with zero attached hydrogens (tertiary/aromatic N) is 2. The molecule has 0 bridgehead atoms. The fraction of sp³-hybridized carbons (Fsp3) is 0.346. The topological polar surface area (TPSA) is 51.2 Å². The molecule has 6 nitrogen and oxygen atoms in total. The first-order valence-electron chi connectivity index (χ1n) is 11.3. The maximum atomic E-state index is 13.2. The highest BCUT2D eigenvalue weighted by molar-refractivity contribution is 5.89. The van der Waals surface area contributed by atoms with Gasteiger partial charge in [-0.05, 0) is 35.6 Å². The van der Waals surface area contributed by atoms with Crippen LogP contribution in [-0.4, -0.2) is 54.8 Å². The number of benzene rings is 3. The molecule has 1 atom stereocenters. The molecule has 6 heteroatoms. The van der Waals surface area contributed by atoms with Gasteiger partial charge in [-0.2, -0.15) is 0 Å². The van der Waals surface area contributed by atoms with Gasteiger partial charge in [0.2, 0.25) is 6.79 Å². The average molecular weight is 433 g/mol. The Morgan fingerprint density at radius 2 is 1.75 bits per heavy atom. The van der Waals surface area contributed by atoms with Crippen molar-refractivity contribution in [1.82, 2.24) is 9.80 Å². The fourth-order valence-electron chi connectivity index (χ4n) is 4.39. The van der Waals surface area contributed by atoms with Gasteiger partial charge in [-0.3, -0.25) is 9.69 Å². The van der Waals surface area contributed by atoms with E-state index in [9.17, 15) is 4.79 Å². The Morgan fingerprint density at radius 3 is 2.59 bits per heavy atom. The van der Waals surface area contributed by atoms with Crippen LogP contribution in [0.5, 0.6) is 17.2 Å². The number of hydrogen-bond acceptors (Lipinski definition) is 5. The number of amides is 1. The number of fused-ring (bicyclic) bond motifs is 2. The van der Waals surface area contributed by atoms with Crippen molar-refractivity contribution in [2.24, 2.45) is 0 Å². The van der Waals surface area contributed by atoms with E-state index in [1.165, 1.54) is 5.56 Å². The first kappa shape index (κ1) is 20.6. The second-order valence-electron chi connectivity index (χ2n) is 8.28. The molecule has 0 unspecified atom stereocenters. The highest BCUT2D eigenvalue weighted by atomic mass is 16.7. The summed E-state index contributed by atoms with van der Waals surface area (Å²) < 4.78 is 17.1. The van der Waals surface area contributed by atoms with E-state index >= 15 is 0 Å². The van der Waals surface area contributed by atoms with Crippen LogP contribution in [0.25, 0.3) is 10.8 Å². The number of carbonyl (C=O) groups is 1. The van der Waals surface area contributed by atoms with Crippen LogP contribution in [-0.2, 0) is 11.3 Å². The molecule has 1 fully saturated rings. The summed E-state index contributed by atoms with van der Waals surface area (Å²) in [6.07, 6.45) is 0.167. The number of ether oxygens (including phenoxy) is 3. The van der Waals surface area contributed by atoms with E-state index in [0.717, 1.165) is 47.7 Å². The molecule has 0 saturated carbocycles. The molecule has 3 aromatic rings. The summed E-state index contributed by atoms with van der Waals surface area (Å²) in [5.41, 5.74) is 1.19. The predicted octanol–water partition coefficient (Wildman–Crippen LogP) is 4.07. The lowest BCUT2D eigenvalue weighted by Crippen LogP contribution is -2.52. The van der Waals surface area contributed by atoms with Gasteiger partial charge in [0.25, 0.3) is 5.91 Å². The Balaban J connectivity index is 1.19. The molecule has 5 rings (SSSR count). The molecule has 1 saturated heterocycles. The van der Waals surface area contributed by atoms with Crippen molar-refractivity contribution in [2.45, 2.75) is 26.0 Å². The van der Waals surface area contributed by atoms with Crippen LogP contribution in [0.2, 0.25) is 0 Å². The van der Waals surface area contributed by atoms with Crippen molar-refractivity contribution in [3.05, 3.63) is 66.2 Å². The van der Waals surface area contributed by atoms with E-state index in [4.69, 9.17) is 14.2 Å². The third-order valence-corrected chi connectivity index (χ3v) is 6.19. The summed E-state index contributed by atoms with van der Waals surface area (Å²) >= 11 is 0. The Labute approximate surface area is 188 Å². The van der Waals surface area contributed by atoms with Crippen molar-refractivity contribution < 1.29 is 19.0 Å². The summed E-state index contributed by atoms with van der Waals surface area (Å²) in [6.45, 7) is 6.22. The van der Waals surface area contributed by atoms with Crippen molar-refractivity contribution in [2.75, 3.05) is 33.0 Å². The van der Waals surface area contributed by atoms with Crippen LogP contribution in [0.3, 0.4) is 0 Å². The molecule has 166 valence electrons. The number of piperazine rings is 1. The molecule has 2 aliphatic heterocycles. The fourth-order valence-corrected chi connectivity index (χ4v) is 4.39. The minimum atomic E-state index is -0.471. The van der Waals surface area contributed by atoms with E-state index in [1.54, 1.807) is 0 Å². The lowest BCUT2D eigenvalue weighted by atomic mass is 10.1. The summed E-state index contributed by atoms with van der Waals surface area (Å²) in [6, 6.07) is 20.2. The first-order chi connectivity index (χ1) is 15.7. The standard InChI is InChI=1S/C26H28N2O4/c1-2-22(32-23-9-5-7-20-6-3-4-8-21(20)23)26(29)28-14-12-27(13-15-28)17-19-10-11-24-25(16-19)31-18-30-24/h3-11,16,22H,2,12-15,17-18H2,1H3/t22-/m0/s1. The number of hydrogen-bond donors (Lipinski definition) is 0. The maximum absolute atomic E-state index is 13.2. The van der Waals surface area contributed by atoms with E-state index < -0.39 is 6.10 Å². The van der Waals surface area contributed by atoms with E-state index in [-0.39, 0.29) is 5.91 Å². The Bertz CT molecular complexity index is 1100. The third kappa shape index (κ3) is 4.23. The second-order valence-corrected chi connectivity index (χ2v) is 8.28. The summed E-state index contributed by atoms with van der Waals surface area (Å²) in [5, 5.41) is 2.15. The van der Waals surface area contributed by atoms with E-state index in [0.29, 0.717) is 26.3 Å². The largest absolute Gasteiger partial charge is 0.480 e. The quantitative estimate of drug-likeness (QED) is 0.588. The zero-order valence-corrected chi connectivity index (χ0v) is 18.3. The summed E-state index contributed by atoms with van der Waals surface area (Å²) in [7, 11) is 0. The Morgan fingerprint density at radius 1 is 0.969 bits per heavy atom. The van der Waals surface area contributed by atoms with Crippen LogP contribution >= 0.6 is 0 Å². The van der Waals surface area contributed by atoms with E-state index in [2.05, 4.69) is 23.1 Å². The molecule has 0 spiro atoms. The minimum Gasteiger partial charge on any atom is -0.480 e. The van der Waals surface area contributed by atoms with Gasteiger partial charge in [-0.25, -0.2) is 0 Å². The molecule has 2 heterocycles. The molecule has 0 aromatic heterocycles. The summed E-state index contributed by atoms with van der Waals surface area (Å²) in [5.74, 6) is 2.46. The molecule has 3 aromatic carbocycles. The predicted molar refractivity (Wildman–Crippen MR) is 123 cm³/mol. The van der Waals surface area contributed by atoms with Gasteiger partial charge in [0.15, 0.2) is 17.6 Å². The van der Waals surface area contributed by atoms with Crippen molar-refractivity contribution in [3.8, 4) is 17.2 Å². The van der Waals surface area contributed by atoms with Crippen molar-refractivity contribution in [3.63, 3.8) is 0 Å². The monoisotopic (exact) mass is 432 g/mol. The van der Waals surface area contributed by atoms with Crippen LogP contribution in [0, 0.1) is 0 Å². The van der Waals surface area contributed by atoms with E-state index in [1.807, 2.05) is 54.3 Å². The Kier molecular flexibility index (Phi) is 5.86. The molecule has 1 amide bonds. The molecule has 0 radical (unpaired) electrons. The lowest BCUT2D eigenvalue weighted by molar-refractivity contribution is -0.140. The molecule has 0 aliphatic carbocycles. The van der Waals surface area contributed by atoms with Gasteiger partial charge in [0, 0.05) is 38.1 Å². The molecular weight excluding hydrogens is 404 g/mol. The van der Waals surface area contributed by atoms with Gasteiger partial charge in [-0.1, -0.05) is 49.4 Å². The van der Waals surface area contributed by atoms with Gasteiger partial charge in [0.1, 0.15) is 5.75 Å². The SMILES string of the molecule is CC[C@H](Oc1cccc2ccccc12)C(=O)N1CCN(Cc2ccc3c(c2)OCO3)CC1. The molecule has 32 heavy (non-hydrogen) atoms. The van der Waals surface area contributed by atoms with Crippen molar-refractivity contribution >= 4 is 16.7 Å². The maximum Gasteiger partial charge on any atom is 0.263 e. The smallest absolute Gasteiger partial charge is 0.263 e. The molecule has 2 aliphatic rings. The van der Waals surface area contributed by atoms with Crippen LogP contribution in [0.4, 0.5) is 0 Å². The second kappa shape index (κ2) is 9.09. The highest BCUT2D eigenvalue weighted by Crippen LogP contribution is 2.33. The molecule has 0 N–H and O–H groups in total. The third-order valence-electron chi connectivity index (χ3n) is 6.19. The number of rotatable bonds is 6. The number of carbonyl (C=O) groups excluding carboxylic acids is 1. The van der Waals surface area contributed by atoms with Gasteiger partial charge in [-0.15, -0.1) is 0 Å². The average Bonchev–Trinajstić information content (AvgIpc) is 3.31. The molecular formula is C26H28N2O4. The highest BCUT2D eigenvalue weighted by Gasteiger charge is 2.28. The van der Waals surface area contributed by atoms with Gasteiger partial charge >= 0.3 is 0 Å². The Hall–Kier alpha value is -3.25. The zero-order valence-electron chi connectivity index (χ0n) is 18.3. The van der Waals surface area contributed by atoms with Crippen LogP contribution in [0.15, 0.2) is 60.7 Å². The van der Waals surface area contributed by atoms with Crippen LogP contribution < -0.4 is 14.2 Å². The minimum absolute atomic E-state index is 0.0724. The first-order valence-corrected chi connectivity index (χ1v) is 11.3. The van der Waals surface area contributed by atoms with Gasteiger partial charge in [0.05, 0.1) is 0 Å².